The number of rotatable bonds is 8. The van der Waals surface area contributed by atoms with Crippen molar-refractivity contribution < 1.29 is 19.1 Å². The van der Waals surface area contributed by atoms with Gasteiger partial charge in [-0.2, -0.15) is 0 Å². The monoisotopic (exact) mass is 470 g/mol. The molecule has 1 aromatic heterocycles. The number of fused-ring (bicyclic) bond motifs is 1. The van der Waals surface area contributed by atoms with Crippen LogP contribution >= 0.6 is 34.5 Å². The summed E-state index contributed by atoms with van der Waals surface area (Å²) in [5, 5.41) is 3.08. The molecule has 1 aliphatic heterocycles. The van der Waals surface area contributed by atoms with Gasteiger partial charge in [0.15, 0.2) is 0 Å². The third-order valence-corrected chi connectivity index (χ3v) is 6.61. The lowest BCUT2D eigenvalue weighted by Gasteiger charge is -2.38. The SMILES string of the molecule is COCCN(CC(=O)N1CCc2sccc2C1c1ccc(Cl)cc1Cl)C(=O)COC. The second-order valence-corrected chi connectivity index (χ2v) is 8.79. The van der Waals surface area contributed by atoms with Crippen LogP contribution in [0.3, 0.4) is 0 Å². The minimum Gasteiger partial charge on any atom is -0.383 e. The number of amides is 2. The summed E-state index contributed by atoms with van der Waals surface area (Å²) in [4.78, 5) is 30.3. The van der Waals surface area contributed by atoms with Crippen LogP contribution in [-0.2, 0) is 25.5 Å². The van der Waals surface area contributed by atoms with E-state index in [1.165, 1.54) is 16.9 Å². The molecule has 1 aliphatic rings. The Kier molecular flexibility index (Phi) is 8.13. The average molecular weight is 471 g/mol. The molecule has 0 radical (unpaired) electrons. The molecule has 2 aromatic rings. The number of thiophene rings is 1. The summed E-state index contributed by atoms with van der Waals surface area (Å²) in [6, 6.07) is 7.04. The van der Waals surface area contributed by atoms with Crippen molar-refractivity contribution in [1.82, 2.24) is 9.80 Å². The molecule has 162 valence electrons. The molecule has 0 aliphatic carbocycles. The first-order valence-electron chi connectivity index (χ1n) is 9.52. The van der Waals surface area contributed by atoms with Crippen molar-refractivity contribution in [1.29, 1.82) is 0 Å². The van der Waals surface area contributed by atoms with E-state index in [1.807, 2.05) is 17.5 Å². The predicted molar refractivity (Wildman–Crippen MR) is 118 cm³/mol. The summed E-state index contributed by atoms with van der Waals surface area (Å²) in [6.07, 6.45) is 0.768. The van der Waals surface area contributed by atoms with E-state index in [-0.39, 0.29) is 31.0 Å². The zero-order valence-electron chi connectivity index (χ0n) is 16.9. The van der Waals surface area contributed by atoms with Gasteiger partial charge in [-0.1, -0.05) is 29.3 Å². The topological polar surface area (TPSA) is 59.1 Å². The molecule has 2 amide bonds. The number of benzene rings is 1. The third kappa shape index (κ3) is 5.15. The molecule has 0 bridgehead atoms. The first kappa shape index (κ1) is 23.0. The average Bonchev–Trinajstić information content (AvgIpc) is 3.19. The highest BCUT2D eigenvalue weighted by Crippen LogP contribution is 2.41. The van der Waals surface area contributed by atoms with Gasteiger partial charge in [-0.15, -0.1) is 11.3 Å². The minimum atomic E-state index is -0.320. The number of hydrogen-bond acceptors (Lipinski definition) is 5. The maximum absolute atomic E-state index is 13.4. The fraction of sp³-hybridized carbons (Fsp3) is 0.429. The summed E-state index contributed by atoms with van der Waals surface area (Å²) in [5.74, 6) is -0.402. The molecule has 6 nitrogen and oxygen atoms in total. The summed E-state index contributed by atoms with van der Waals surface area (Å²) in [6.45, 7) is 1.07. The number of nitrogens with zero attached hydrogens (tertiary/aromatic N) is 2. The summed E-state index contributed by atoms with van der Waals surface area (Å²) in [5.41, 5.74) is 1.89. The Bertz CT molecular complexity index is 905. The second kappa shape index (κ2) is 10.6. The maximum atomic E-state index is 13.4. The Morgan fingerprint density at radius 3 is 2.70 bits per heavy atom. The van der Waals surface area contributed by atoms with Gasteiger partial charge in [-0.05, 0) is 41.1 Å². The highest BCUT2D eigenvalue weighted by Gasteiger charge is 2.35. The van der Waals surface area contributed by atoms with Gasteiger partial charge < -0.3 is 19.3 Å². The quantitative estimate of drug-likeness (QED) is 0.590. The van der Waals surface area contributed by atoms with Crippen molar-refractivity contribution in [2.24, 2.45) is 0 Å². The normalized spacial score (nSPS) is 15.7. The fourth-order valence-electron chi connectivity index (χ4n) is 3.61. The largest absolute Gasteiger partial charge is 0.383 e. The fourth-order valence-corrected chi connectivity index (χ4v) is 5.02. The highest BCUT2D eigenvalue weighted by molar-refractivity contribution is 7.10. The van der Waals surface area contributed by atoms with Crippen LogP contribution in [0.5, 0.6) is 0 Å². The summed E-state index contributed by atoms with van der Waals surface area (Å²) in [7, 11) is 3.01. The van der Waals surface area contributed by atoms with E-state index in [0.717, 1.165) is 17.5 Å². The lowest BCUT2D eigenvalue weighted by molar-refractivity contribution is -0.144. The maximum Gasteiger partial charge on any atom is 0.249 e. The second-order valence-electron chi connectivity index (χ2n) is 6.95. The van der Waals surface area contributed by atoms with Crippen molar-refractivity contribution in [3.63, 3.8) is 0 Å². The van der Waals surface area contributed by atoms with Crippen LogP contribution in [0, 0.1) is 0 Å². The molecule has 0 fully saturated rings. The molecule has 2 heterocycles. The molecule has 1 atom stereocenters. The van der Waals surface area contributed by atoms with Crippen LogP contribution in [0.4, 0.5) is 0 Å². The Morgan fingerprint density at radius 2 is 2.00 bits per heavy atom. The minimum absolute atomic E-state index is 0.0489. The van der Waals surface area contributed by atoms with Crippen molar-refractivity contribution in [2.45, 2.75) is 12.5 Å². The van der Waals surface area contributed by atoms with Gasteiger partial charge in [0.25, 0.3) is 0 Å². The number of halogens is 2. The zero-order chi connectivity index (χ0) is 21.7. The van der Waals surface area contributed by atoms with Gasteiger partial charge in [0.2, 0.25) is 11.8 Å². The van der Waals surface area contributed by atoms with E-state index in [4.69, 9.17) is 32.7 Å². The molecule has 0 saturated heterocycles. The van der Waals surface area contributed by atoms with Gasteiger partial charge in [-0.25, -0.2) is 0 Å². The molecular weight excluding hydrogens is 447 g/mol. The molecule has 0 saturated carbocycles. The van der Waals surface area contributed by atoms with E-state index >= 15 is 0 Å². The van der Waals surface area contributed by atoms with E-state index in [2.05, 4.69) is 0 Å². The van der Waals surface area contributed by atoms with Crippen molar-refractivity contribution in [3.05, 3.63) is 55.7 Å². The van der Waals surface area contributed by atoms with E-state index in [9.17, 15) is 9.59 Å². The molecular formula is C21H24Cl2N2O4S. The van der Waals surface area contributed by atoms with Crippen molar-refractivity contribution in [3.8, 4) is 0 Å². The van der Waals surface area contributed by atoms with Crippen LogP contribution in [0.2, 0.25) is 10.0 Å². The predicted octanol–water partition coefficient (Wildman–Crippen LogP) is 3.65. The molecule has 30 heavy (non-hydrogen) atoms. The van der Waals surface area contributed by atoms with Crippen molar-refractivity contribution >= 4 is 46.4 Å². The molecule has 0 N–H and O–H groups in total. The van der Waals surface area contributed by atoms with E-state index in [1.54, 1.807) is 35.5 Å². The third-order valence-electron chi connectivity index (χ3n) is 5.06. The van der Waals surface area contributed by atoms with Crippen molar-refractivity contribution in [2.75, 3.05) is 47.1 Å². The summed E-state index contributed by atoms with van der Waals surface area (Å²) < 4.78 is 10.1. The van der Waals surface area contributed by atoms with Crippen LogP contribution in [0.1, 0.15) is 22.0 Å². The van der Waals surface area contributed by atoms with Crippen LogP contribution in [0.25, 0.3) is 0 Å². The van der Waals surface area contributed by atoms with E-state index in [0.29, 0.717) is 29.7 Å². The number of methoxy groups -OCH3 is 2. The van der Waals surface area contributed by atoms with Gasteiger partial charge in [0.05, 0.1) is 19.2 Å². The summed E-state index contributed by atoms with van der Waals surface area (Å²) >= 11 is 14.3. The Labute approximate surface area is 190 Å². The number of carbonyl (C=O) groups excluding carboxylic acids is 2. The number of ether oxygens (including phenoxy) is 2. The lowest BCUT2D eigenvalue weighted by Crippen LogP contribution is -2.48. The zero-order valence-corrected chi connectivity index (χ0v) is 19.2. The lowest BCUT2D eigenvalue weighted by atomic mass is 9.93. The van der Waals surface area contributed by atoms with Crippen LogP contribution in [-0.4, -0.2) is 68.7 Å². The van der Waals surface area contributed by atoms with Gasteiger partial charge in [-0.3, -0.25) is 9.59 Å². The highest BCUT2D eigenvalue weighted by atomic mass is 35.5. The van der Waals surface area contributed by atoms with Crippen LogP contribution < -0.4 is 0 Å². The van der Waals surface area contributed by atoms with E-state index < -0.39 is 0 Å². The van der Waals surface area contributed by atoms with Gasteiger partial charge in [0.1, 0.15) is 6.61 Å². The van der Waals surface area contributed by atoms with Gasteiger partial charge >= 0.3 is 0 Å². The Morgan fingerprint density at radius 1 is 1.20 bits per heavy atom. The first-order valence-corrected chi connectivity index (χ1v) is 11.2. The van der Waals surface area contributed by atoms with Gasteiger partial charge in [0, 0.05) is 42.2 Å². The number of hydrogen-bond donors (Lipinski definition) is 0. The molecule has 0 spiro atoms. The first-order chi connectivity index (χ1) is 14.5. The smallest absolute Gasteiger partial charge is 0.249 e. The molecule has 1 unspecified atom stereocenters. The number of carbonyl (C=O) groups is 2. The van der Waals surface area contributed by atoms with Crippen LogP contribution in [0.15, 0.2) is 29.6 Å². The molecule has 9 heteroatoms. The standard InChI is InChI=1S/C21H24Cl2N2O4S/c1-28-9-8-24(20(27)13-29-2)12-19(26)25-7-5-18-16(6-10-30-18)21(25)15-4-3-14(22)11-17(15)23/h3-4,6,10-11,21H,5,7-9,12-13H2,1-2H3. The Balaban J connectivity index is 1.90. The molecule has 3 rings (SSSR count). The molecule has 1 aromatic carbocycles. The Hall–Kier alpha value is -1.64.